The molecule has 0 saturated heterocycles. The molecule has 0 fully saturated rings. The van der Waals surface area contributed by atoms with Crippen LogP contribution in [0.4, 0.5) is 5.69 Å². The number of ether oxygens (including phenoxy) is 1. The minimum absolute atomic E-state index is 0.0950. The van der Waals surface area contributed by atoms with Crippen LogP contribution in [0.5, 0.6) is 5.75 Å². The summed E-state index contributed by atoms with van der Waals surface area (Å²) in [6.07, 6.45) is 0. The Labute approximate surface area is 167 Å². The molecule has 144 valence electrons. The van der Waals surface area contributed by atoms with Crippen molar-refractivity contribution in [2.24, 2.45) is 0 Å². The van der Waals surface area contributed by atoms with Gasteiger partial charge in [-0.05, 0) is 43.7 Å². The summed E-state index contributed by atoms with van der Waals surface area (Å²) in [5.41, 5.74) is 5.15. The molecule has 1 aromatic heterocycles. The van der Waals surface area contributed by atoms with Gasteiger partial charge in [-0.25, -0.2) is 4.68 Å². The first-order chi connectivity index (χ1) is 13.7. The second-order valence-electron chi connectivity index (χ2n) is 6.37. The third-order valence-corrected chi connectivity index (χ3v) is 5.66. The van der Waals surface area contributed by atoms with Crippen LogP contribution in [0.2, 0.25) is 0 Å². The molecular weight excluding hydrogens is 374 g/mol. The molecule has 0 radical (unpaired) electrons. The van der Waals surface area contributed by atoms with Crippen LogP contribution in [0, 0.1) is 6.92 Å². The monoisotopic (exact) mass is 395 g/mol. The van der Waals surface area contributed by atoms with E-state index in [0.29, 0.717) is 11.8 Å². The molecule has 0 unspecified atom stereocenters. The summed E-state index contributed by atoms with van der Waals surface area (Å²) < 4.78 is 7.29. The highest BCUT2D eigenvalue weighted by Crippen LogP contribution is 2.37. The normalized spacial score (nSPS) is 18.1. The summed E-state index contributed by atoms with van der Waals surface area (Å²) in [6, 6.07) is 17.1. The average Bonchev–Trinajstić information content (AvgIpc) is 3.09. The van der Waals surface area contributed by atoms with Crippen LogP contribution >= 0.6 is 11.8 Å². The molecule has 4 rings (SSSR count). The van der Waals surface area contributed by atoms with E-state index < -0.39 is 5.25 Å². The number of nitrogens with zero attached hydrogens (tertiary/aromatic N) is 3. The van der Waals surface area contributed by atoms with Crippen molar-refractivity contribution in [2.75, 3.05) is 17.3 Å². The summed E-state index contributed by atoms with van der Waals surface area (Å²) >= 11 is 1.41. The Bertz CT molecular complexity index is 958. The van der Waals surface area contributed by atoms with Crippen molar-refractivity contribution >= 4 is 23.4 Å². The van der Waals surface area contributed by atoms with Gasteiger partial charge in [-0.2, -0.15) is 0 Å². The smallest absolute Gasteiger partial charge is 0.240 e. The highest BCUT2D eigenvalue weighted by molar-refractivity contribution is 8.00. The summed E-state index contributed by atoms with van der Waals surface area (Å²) in [5, 5.41) is 11.6. The number of aryl methyl sites for hydroxylation is 1. The molecule has 8 heteroatoms. The quantitative estimate of drug-likeness (QED) is 0.689. The number of thioether (sulfide) groups is 1. The van der Waals surface area contributed by atoms with Gasteiger partial charge in [0.1, 0.15) is 16.8 Å². The van der Waals surface area contributed by atoms with Crippen molar-refractivity contribution in [2.45, 2.75) is 30.3 Å². The fraction of sp³-hybridized carbons (Fsp3) is 0.250. The molecule has 1 aliphatic rings. The predicted molar refractivity (Wildman–Crippen MR) is 109 cm³/mol. The van der Waals surface area contributed by atoms with Crippen LogP contribution in [-0.4, -0.2) is 32.6 Å². The summed E-state index contributed by atoms with van der Waals surface area (Å²) in [7, 11) is 0. The average molecular weight is 395 g/mol. The Kier molecular flexibility index (Phi) is 5.21. The van der Waals surface area contributed by atoms with Crippen molar-refractivity contribution in [3.63, 3.8) is 0 Å². The lowest BCUT2D eigenvalue weighted by molar-refractivity contribution is -0.116. The maximum atomic E-state index is 13.1. The van der Waals surface area contributed by atoms with Crippen molar-refractivity contribution in [1.29, 1.82) is 0 Å². The van der Waals surface area contributed by atoms with Crippen molar-refractivity contribution < 1.29 is 9.53 Å². The third-order valence-electron chi connectivity index (χ3n) is 4.45. The molecule has 2 aromatic carbocycles. The molecule has 2 heterocycles. The molecule has 2 atom stereocenters. The molecule has 3 aromatic rings. The first-order valence-corrected chi connectivity index (χ1v) is 9.97. The molecular formula is C20H21N5O2S. The molecule has 0 saturated carbocycles. The third kappa shape index (κ3) is 3.68. The van der Waals surface area contributed by atoms with E-state index >= 15 is 0 Å². The van der Waals surface area contributed by atoms with Gasteiger partial charge in [0.15, 0.2) is 0 Å². The number of hydrogen-bond acceptors (Lipinski definition) is 6. The zero-order chi connectivity index (χ0) is 19.5. The summed E-state index contributed by atoms with van der Waals surface area (Å²) in [4.78, 5) is 13.1. The lowest BCUT2D eigenvalue weighted by Crippen LogP contribution is -2.41. The summed E-state index contributed by atoms with van der Waals surface area (Å²) in [6.45, 7) is 4.43. The van der Waals surface area contributed by atoms with Crippen molar-refractivity contribution in [3.05, 3.63) is 66.0 Å². The van der Waals surface area contributed by atoms with Crippen LogP contribution in [0.25, 0.3) is 0 Å². The van der Waals surface area contributed by atoms with Crippen LogP contribution in [0.3, 0.4) is 0 Å². The Morgan fingerprint density at radius 3 is 2.64 bits per heavy atom. The van der Waals surface area contributed by atoms with E-state index in [1.165, 1.54) is 11.8 Å². The number of anilines is 1. The fourth-order valence-electron chi connectivity index (χ4n) is 3.09. The maximum absolute atomic E-state index is 13.1. The van der Waals surface area contributed by atoms with Crippen molar-refractivity contribution in [3.8, 4) is 5.75 Å². The van der Waals surface area contributed by atoms with Crippen LogP contribution in [0.1, 0.15) is 24.4 Å². The molecule has 1 amide bonds. The molecule has 28 heavy (non-hydrogen) atoms. The Hall–Kier alpha value is -3.00. The van der Waals surface area contributed by atoms with E-state index in [0.717, 1.165) is 22.8 Å². The minimum Gasteiger partial charge on any atom is -0.494 e. The minimum atomic E-state index is -0.398. The Morgan fingerprint density at radius 1 is 1.18 bits per heavy atom. The lowest BCUT2D eigenvalue weighted by atomic mass is 10.0. The van der Waals surface area contributed by atoms with Gasteiger partial charge in [-0.1, -0.05) is 42.1 Å². The fourth-order valence-corrected chi connectivity index (χ4v) is 4.21. The molecule has 0 spiro atoms. The van der Waals surface area contributed by atoms with Gasteiger partial charge in [-0.3, -0.25) is 4.79 Å². The number of hydrogen-bond donors (Lipinski definition) is 2. The van der Waals surface area contributed by atoms with Gasteiger partial charge in [0, 0.05) is 5.69 Å². The van der Waals surface area contributed by atoms with E-state index in [-0.39, 0.29) is 11.9 Å². The predicted octanol–water partition coefficient (Wildman–Crippen LogP) is 3.38. The second kappa shape index (κ2) is 7.93. The van der Waals surface area contributed by atoms with Crippen LogP contribution in [-0.2, 0) is 4.79 Å². The number of benzene rings is 2. The number of nitrogens with one attached hydrogen (secondary N) is 2. The Morgan fingerprint density at radius 2 is 1.93 bits per heavy atom. The highest BCUT2D eigenvalue weighted by Gasteiger charge is 2.37. The Balaban J connectivity index is 1.58. The molecule has 0 bridgehead atoms. The first kappa shape index (κ1) is 18.4. The van der Waals surface area contributed by atoms with E-state index in [1.807, 2.05) is 73.1 Å². The summed E-state index contributed by atoms with van der Waals surface area (Å²) in [5.74, 6) is 1.44. The zero-order valence-electron chi connectivity index (χ0n) is 15.6. The largest absolute Gasteiger partial charge is 0.494 e. The molecule has 7 nitrogen and oxygen atoms in total. The standard InChI is InChI=1S/C20H21N5O2S/c1-3-27-16-11-9-15(10-12-16)21-19(26)18-17(14-7-5-4-6-8-14)24-25-13(2)22-23-20(25)28-18/h4-12,17-18,24H,3H2,1-2H3,(H,21,26)/t17-,18+/m1/s1. The van der Waals surface area contributed by atoms with Gasteiger partial charge in [0.2, 0.25) is 11.1 Å². The van der Waals surface area contributed by atoms with E-state index in [9.17, 15) is 4.79 Å². The highest BCUT2D eigenvalue weighted by atomic mass is 32.2. The number of carbonyl (C=O) groups excluding carboxylic acids is 1. The van der Waals surface area contributed by atoms with Gasteiger partial charge < -0.3 is 15.5 Å². The first-order valence-electron chi connectivity index (χ1n) is 9.09. The van der Waals surface area contributed by atoms with E-state index in [1.54, 1.807) is 0 Å². The van der Waals surface area contributed by atoms with Gasteiger partial charge in [0.05, 0.1) is 12.6 Å². The van der Waals surface area contributed by atoms with E-state index in [4.69, 9.17) is 4.74 Å². The SMILES string of the molecule is CCOc1ccc(NC(=O)[C@H]2Sc3nnc(C)n3N[C@@H]2c2ccccc2)cc1. The van der Waals surface area contributed by atoms with Crippen molar-refractivity contribution in [1.82, 2.24) is 14.9 Å². The lowest BCUT2D eigenvalue weighted by Gasteiger charge is -2.32. The van der Waals surface area contributed by atoms with Gasteiger partial charge in [0.25, 0.3) is 0 Å². The number of carbonyl (C=O) groups is 1. The number of aromatic nitrogens is 3. The van der Waals surface area contributed by atoms with Crippen LogP contribution in [0.15, 0.2) is 59.8 Å². The maximum Gasteiger partial charge on any atom is 0.240 e. The van der Waals surface area contributed by atoms with E-state index in [2.05, 4.69) is 20.9 Å². The molecule has 2 N–H and O–H groups in total. The zero-order valence-corrected chi connectivity index (χ0v) is 16.4. The number of rotatable bonds is 5. The number of amides is 1. The topological polar surface area (TPSA) is 81.1 Å². The van der Waals surface area contributed by atoms with Crippen LogP contribution < -0.4 is 15.5 Å². The van der Waals surface area contributed by atoms with Gasteiger partial charge in [-0.15, -0.1) is 10.2 Å². The molecule has 0 aliphatic carbocycles. The second-order valence-corrected chi connectivity index (χ2v) is 7.48. The number of fused-ring (bicyclic) bond motifs is 1. The van der Waals surface area contributed by atoms with Gasteiger partial charge >= 0.3 is 0 Å². The molecule has 1 aliphatic heterocycles.